The molecule has 3 rings (SSSR count). The number of hydrogen-bond acceptors (Lipinski definition) is 5. The second kappa shape index (κ2) is 9.82. The maximum Gasteiger partial charge on any atom is 0.261 e. The van der Waals surface area contributed by atoms with Crippen molar-refractivity contribution in [1.29, 1.82) is 0 Å². The largest absolute Gasteiger partial charge is 0.381 e. The van der Waals surface area contributed by atoms with E-state index >= 15 is 0 Å². The zero-order chi connectivity index (χ0) is 18.5. The lowest BCUT2D eigenvalue weighted by Crippen LogP contribution is -2.47. The van der Waals surface area contributed by atoms with Gasteiger partial charge in [0.2, 0.25) is 5.91 Å². The number of ether oxygens (including phenoxy) is 1. The number of nitrogens with zero attached hydrogens (tertiary/aromatic N) is 1. The van der Waals surface area contributed by atoms with Crippen molar-refractivity contribution in [2.75, 3.05) is 26.3 Å². The van der Waals surface area contributed by atoms with Gasteiger partial charge in [0.15, 0.2) is 0 Å². The molecule has 3 N–H and O–H groups in total. The molecule has 1 saturated heterocycles. The Morgan fingerprint density at radius 3 is 2.33 bits per heavy atom. The zero-order valence-electron chi connectivity index (χ0n) is 15.2. The van der Waals surface area contributed by atoms with Crippen molar-refractivity contribution < 1.29 is 19.1 Å². The number of fused-ring (bicyclic) bond motifs is 1. The maximum atomic E-state index is 12.3. The fourth-order valence-electron chi connectivity index (χ4n) is 3.46. The molecule has 0 aromatic heterocycles. The van der Waals surface area contributed by atoms with E-state index in [0.717, 1.165) is 12.8 Å². The summed E-state index contributed by atoms with van der Waals surface area (Å²) in [6.45, 7) is 2.16. The fourth-order valence-corrected chi connectivity index (χ4v) is 3.46. The molecular formula is C19H26ClN3O4. The van der Waals surface area contributed by atoms with Crippen molar-refractivity contribution in [3.8, 4) is 0 Å². The minimum atomic E-state index is -0.505. The van der Waals surface area contributed by atoms with Gasteiger partial charge >= 0.3 is 0 Å². The van der Waals surface area contributed by atoms with Crippen molar-refractivity contribution >= 4 is 30.1 Å². The third-order valence-corrected chi connectivity index (χ3v) is 5.06. The first-order chi connectivity index (χ1) is 12.6. The summed E-state index contributed by atoms with van der Waals surface area (Å²) in [4.78, 5) is 37.9. The Bertz CT molecular complexity index is 656. The Kier molecular flexibility index (Phi) is 7.77. The van der Waals surface area contributed by atoms with Crippen LogP contribution in [-0.4, -0.2) is 55.0 Å². The lowest BCUT2D eigenvalue weighted by atomic mass is 9.92. The summed E-state index contributed by atoms with van der Waals surface area (Å²) in [7, 11) is 0. The SMILES string of the molecule is Cl.NC(C(=O)NCCCCN1C(=O)c2ccccc2C1=O)C1CCOCC1. The Labute approximate surface area is 165 Å². The zero-order valence-corrected chi connectivity index (χ0v) is 16.0. The summed E-state index contributed by atoms with van der Waals surface area (Å²) in [6, 6.07) is 6.35. The summed E-state index contributed by atoms with van der Waals surface area (Å²) >= 11 is 0. The molecular weight excluding hydrogens is 370 g/mol. The van der Waals surface area contributed by atoms with Crippen molar-refractivity contribution in [2.24, 2.45) is 11.7 Å². The van der Waals surface area contributed by atoms with Crippen LogP contribution in [0.1, 0.15) is 46.4 Å². The lowest BCUT2D eigenvalue weighted by Gasteiger charge is -2.26. The van der Waals surface area contributed by atoms with E-state index in [0.29, 0.717) is 50.3 Å². The third-order valence-electron chi connectivity index (χ3n) is 5.06. The van der Waals surface area contributed by atoms with E-state index in [2.05, 4.69) is 5.32 Å². The van der Waals surface area contributed by atoms with Crippen LogP contribution in [0.2, 0.25) is 0 Å². The van der Waals surface area contributed by atoms with Gasteiger partial charge in [0.25, 0.3) is 11.8 Å². The van der Waals surface area contributed by atoms with E-state index in [1.807, 2.05) is 0 Å². The summed E-state index contributed by atoms with van der Waals surface area (Å²) in [5.41, 5.74) is 6.96. The van der Waals surface area contributed by atoms with E-state index in [1.54, 1.807) is 24.3 Å². The highest BCUT2D eigenvalue weighted by atomic mass is 35.5. The Hall–Kier alpha value is -1.96. The fraction of sp³-hybridized carbons (Fsp3) is 0.526. The average molecular weight is 396 g/mol. The molecule has 0 radical (unpaired) electrons. The van der Waals surface area contributed by atoms with Gasteiger partial charge in [-0.1, -0.05) is 12.1 Å². The molecule has 2 aliphatic heterocycles. The van der Waals surface area contributed by atoms with Gasteiger partial charge in [-0.15, -0.1) is 12.4 Å². The average Bonchev–Trinajstić information content (AvgIpc) is 2.92. The van der Waals surface area contributed by atoms with Gasteiger partial charge in [0.05, 0.1) is 17.2 Å². The van der Waals surface area contributed by atoms with Gasteiger partial charge < -0.3 is 15.8 Å². The first-order valence-corrected chi connectivity index (χ1v) is 9.16. The van der Waals surface area contributed by atoms with Gasteiger partial charge in [-0.05, 0) is 43.7 Å². The number of nitrogens with one attached hydrogen (secondary N) is 1. The summed E-state index contributed by atoms with van der Waals surface area (Å²) in [5.74, 6) is -0.452. The minimum absolute atomic E-state index is 0. The molecule has 2 heterocycles. The molecule has 1 unspecified atom stereocenters. The van der Waals surface area contributed by atoms with E-state index in [9.17, 15) is 14.4 Å². The van der Waals surface area contributed by atoms with Crippen LogP contribution in [0.3, 0.4) is 0 Å². The Morgan fingerprint density at radius 2 is 1.74 bits per heavy atom. The normalized spacial score (nSPS) is 18.0. The number of nitrogens with two attached hydrogens (primary N) is 1. The first-order valence-electron chi connectivity index (χ1n) is 9.16. The summed E-state index contributed by atoms with van der Waals surface area (Å²) in [6.07, 6.45) is 2.94. The molecule has 27 heavy (non-hydrogen) atoms. The number of benzene rings is 1. The molecule has 7 nitrogen and oxygen atoms in total. The molecule has 0 spiro atoms. The predicted molar refractivity (Wildman–Crippen MR) is 103 cm³/mol. The molecule has 1 atom stereocenters. The summed E-state index contributed by atoms with van der Waals surface area (Å²) < 4.78 is 5.29. The van der Waals surface area contributed by atoms with Crippen molar-refractivity contribution in [3.05, 3.63) is 35.4 Å². The highest BCUT2D eigenvalue weighted by Gasteiger charge is 2.34. The molecule has 1 aromatic rings. The molecule has 3 amide bonds. The number of unbranched alkanes of at least 4 members (excludes halogenated alkanes) is 1. The Morgan fingerprint density at radius 1 is 1.15 bits per heavy atom. The van der Waals surface area contributed by atoms with Gasteiger partial charge in [0, 0.05) is 26.3 Å². The standard InChI is InChI=1S/C19H25N3O4.ClH/c20-16(13-7-11-26-12-8-13)17(23)21-9-3-4-10-22-18(24)14-5-1-2-6-15(14)19(22)25;/h1-2,5-6,13,16H,3-4,7-12,20H2,(H,21,23);1H. The van der Waals surface area contributed by atoms with Gasteiger partial charge in [-0.2, -0.15) is 0 Å². The van der Waals surface area contributed by atoms with Crippen LogP contribution in [-0.2, 0) is 9.53 Å². The summed E-state index contributed by atoms with van der Waals surface area (Å²) in [5, 5.41) is 2.85. The molecule has 0 bridgehead atoms. The van der Waals surface area contributed by atoms with Crippen LogP contribution < -0.4 is 11.1 Å². The second-order valence-electron chi connectivity index (χ2n) is 6.78. The van der Waals surface area contributed by atoms with Crippen LogP contribution in [0.25, 0.3) is 0 Å². The van der Waals surface area contributed by atoms with Crippen LogP contribution >= 0.6 is 12.4 Å². The van der Waals surface area contributed by atoms with E-state index in [-0.39, 0.29) is 36.0 Å². The lowest BCUT2D eigenvalue weighted by molar-refractivity contribution is -0.124. The number of halogens is 1. The highest BCUT2D eigenvalue weighted by molar-refractivity contribution is 6.21. The number of carbonyl (C=O) groups excluding carboxylic acids is 3. The number of amides is 3. The van der Waals surface area contributed by atoms with Crippen molar-refractivity contribution in [2.45, 2.75) is 31.7 Å². The molecule has 8 heteroatoms. The number of rotatable bonds is 7. The minimum Gasteiger partial charge on any atom is -0.381 e. The second-order valence-corrected chi connectivity index (χ2v) is 6.78. The number of carbonyl (C=O) groups is 3. The van der Waals surface area contributed by atoms with E-state index in [4.69, 9.17) is 10.5 Å². The number of imide groups is 1. The molecule has 0 aliphatic carbocycles. The van der Waals surface area contributed by atoms with E-state index in [1.165, 1.54) is 4.90 Å². The quantitative estimate of drug-likeness (QED) is 0.536. The van der Waals surface area contributed by atoms with Crippen LogP contribution in [0.4, 0.5) is 0 Å². The molecule has 2 aliphatic rings. The van der Waals surface area contributed by atoms with Gasteiger partial charge in [0.1, 0.15) is 0 Å². The van der Waals surface area contributed by atoms with E-state index < -0.39 is 6.04 Å². The van der Waals surface area contributed by atoms with Crippen LogP contribution in [0.5, 0.6) is 0 Å². The van der Waals surface area contributed by atoms with Crippen molar-refractivity contribution in [3.63, 3.8) is 0 Å². The highest BCUT2D eigenvalue weighted by Crippen LogP contribution is 2.22. The van der Waals surface area contributed by atoms with Gasteiger partial charge in [-0.25, -0.2) is 0 Å². The predicted octanol–water partition coefficient (Wildman–Crippen LogP) is 1.35. The molecule has 148 valence electrons. The molecule has 1 fully saturated rings. The smallest absolute Gasteiger partial charge is 0.261 e. The van der Waals surface area contributed by atoms with Gasteiger partial charge in [-0.3, -0.25) is 19.3 Å². The topological polar surface area (TPSA) is 102 Å². The van der Waals surface area contributed by atoms with Crippen molar-refractivity contribution in [1.82, 2.24) is 10.2 Å². The van der Waals surface area contributed by atoms with Crippen LogP contribution in [0.15, 0.2) is 24.3 Å². The van der Waals surface area contributed by atoms with Crippen LogP contribution in [0, 0.1) is 5.92 Å². The molecule has 0 saturated carbocycles. The molecule has 1 aromatic carbocycles. The first kappa shape index (κ1) is 21.3. The Balaban J connectivity index is 0.00000261. The third kappa shape index (κ3) is 4.86. The maximum absolute atomic E-state index is 12.3. The monoisotopic (exact) mass is 395 g/mol. The number of hydrogen-bond donors (Lipinski definition) is 2.